The molecule has 92 valence electrons. The molecule has 0 unspecified atom stereocenters. The van der Waals surface area contributed by atoms with E-state index in [1.807, 2.05) is 0 Å². The van der Waals surface area contributed by atoms with Crippen molar-refractivity contribution in [3.8, 4) is 0 Å². The van der Waals surface area contributed by atoms with Gasteiger partial charge in [0.1, 0.15) is 0 Å². The van der Waals surface area contributed by atoms with Gasteiger partial charge in [0.05, 0.1) is 6.04 Å². The summed E-state index contributed by atoms with van der Waals surface area (Å²) in [6.07, 6.45) is 5.79. The highest BCUT2D eigenvalue weighted by Gasteiger charge is 2.38. The Labute approximate surface area is 98.4 Å². The molecule has 3 nitrogen and oxygen atoms in total. The van der Waals surface area contributed by atoms with Crippen LogP contribution in [0.15, 0.2) is 0 Å². The van der Waals surface area contributed by atoms with Gasteiger partial charge in [-0.15, -0.1) is 0 Å². The minimum Gasteiger partial charge on any atom is -0.338 e. The highest BCUT2D eigenvalue weighted by Crippen LogP contribution is 2.35. The van der Waals surface area contributed by atoms with E-state index in [2.05, 4.69) is 18.7 Å². The van der Waals surface area contributed by atoms with Crippen molar-refractivity contribution >= 4 is 5.91 Å². The summed E-state index contributed by atoms with van der Waals surface area (Å²) in [6.45, 7) is 5.21. The molecule has 2 aliphatic rings. The maximum atomic E-state index is 12.2. The average molecular weight is 224 g/mol. The van der Waals surface area contributed by atoms with Gasteiger partial charge in [0, 0.05) is 12.6 Å². The second-order valence-electron chi connectivity index (χ2n) is 5.90. The molecule has 0 aromatic rings. The largest absolute Gasteiger partial charge is 0.338 e. The molecule has 0 bridgehead atoms. The zero-order chi connectivity index (χ0) is 11.7. The van der Waals surface area contributed by atoms with E-state index in [0.29, 0.717) is 12.0 Å². The molecular weight excluding hydrogens is 200 g/mol. The standard InChI is InChI=1S/C13H24N2O/c1-9(2)7-12(14)13(16)15(11-5-6-11)8-10-3-4-10/h9-12H,3-8,14H2,1-2H3/t12-/m0/s1. The van der Waals surface area contributed by atoms with Crippen LogP contribution < -0.4 is 5.73 Å². The first-order chi connectivity index (χ1) is 7.58. The summed E-state index contributed by atoms with van der Waals surface area (Å²) in [5.74, 6) is 1.47. The second kappa shape index (κ2) is 4.74. The maximum Gasteiger partial charge on any atom is 0.239 e. The summed E-state index contributed by atoms with van der Waals surface area (Å²) < 4.78 is 0. The van der Waals surface area contributed by atoms with Crippen molar-refractivity contribution in [3.63, 3.8) is 0 Å². The van der Waals surface area contributed by atoms with E-state index in [1.54, 1.807) is 0 Å². The number of hydrogen-bond donors (Lipinski definition) is 1. The molecule has 0 heterocycles. The number of carbonyl (C=O) groups excluding carboxylic acids is 1. The Hall–Kier alpha value is -0.570. The van der Waals surface area contributed by atoms with Crippen LogP contribution in [-0.4, -0.2) is 29.4 Å². The summed E-state index contributed by atoms with van der Waals surface area (Å²) in [6, 6.07) is 0.241. The van der Waals surface area contributed by atoms with Crippen LogP contribution in [0.2, 0.25) is 0 Å². The predicted molar refractivity (Wildman–Crippen MR) is 64.9 cm³/mol. The molecule has 2 N–H and O–H groups in total. The topological polar surface area (TPSA) is 46.3 Å². The molecule has 0 aliphatic heterocycles. The first kappa shape index (κ1) is 11.9. The molecule has 0 saturated heterocycles. The molecule has 2 saturated carbocycles. The van der Waals surface area contributed by atoms with E-state index in [4.69, 9.17) is 5.73 Å². The summed E-state index contributed by atoms with van der Waals surface area (Å²) in [4.78, 5) is 14.3. The molecule has 1 atom stereocenters. The van der Waals surface area contributed by atoms with E-state index in [-0.39, 0.29) is 11.9 Å². The zero-order valence-electron chi connectivity index (χ0n) is 10.5. The Morgan fingerprint density at radius 3 is 2.38 bits per heavy atom. The Balaban J connectivity index is 1.87. The van der Waals surface area contributed by atoms with Gasteiger partial charge in [-0.3, -0.25) is 4.79 Å². The van der Waals surface area contributed by atoms with Gasteiger partial charge >= 0.3 is 0 Å². The predicted octanol–water partition coefficient (Wildman–Crippen LogP) is 1.76. The molecule has 0 spiro atoms. The monoisotopic (exact) mass is 224 g/mol. The van der Waals surface area contributed by atoms with E-state index < -0.39 is 0 Å². The molecule has 0 radical (unpaired) electrons. The van der Waals surface area contributed by atoms with E-state index >= 15 is 0 Å². The van der Waals surface area contributed by atoms with Crippen LogP contribution in [-0.2, 0) is 4.79 Å². The normalized spacial score (nSPS) is 22.2. The highest BCUT2D eigenvalue weighted by molar-refractivity contribution is 5.82. The van der Waals surface area contributed by atoms with Crippen LogP contribution in [0, 0.1) is 11.8 Å². The maximum absolute atomic E-state index is 12.2. The van der Waals surface area contributed by atoms with Gasteiger partial charge in [-0.1, -0.05) is 13.8 Å². The first-order valence-electron chi connectivity index (χ1n) is 6.64. The van der Waals surface area contributed by atoms with Crippen LogP contribution in [0.5, 0.6) is 0 Å². The van der Waals surface area contributed by atoms with Crippen molar-refractivity contribution in [2.24, 2.45) is 17.6 Å². The van der Waals surface area contributed by atoms with Gasteiger partial charge < -0.3 is 10.6 Å². The van der Waals surface area contributed by atoms with E-state index in [1.165, 1.54) is 25.7 Å². The van der Waals surface area contributed by atoms with Crippen LogP contribution >= 0.6 is 0 Å². The highest BCUT2D eigenvalue weighted by atomic mass is 16.2. The van der Waals surface area contributed by atoms with E-state index in [9.17, 15) is 4.79 Å². The Morgan fingerprint density at radius 2 is 1.94 bits per heavy atom. The minimum absolute atomic E-state index is 0.197. The Morgan fingerprint density at radius 1 is 1.31 bits per heavy atom. The van der Waals surface area contributed by atoms with Crippen LogP contribution in [0.1, 0.15) is 46.0 Å². The molecule has 1 amide bonds. The fraction of sp³-hybridized carbons (Fsp3) is 0.923. The summed E-state index contributed by atoms with van der Waals surface area (Å²) in [7, 11) is 0. The van der Waals surface area contributed by atoms with Crippen molar-refractivity contribution < 1.29 is 4.79 Å². The Kier molecular flexibility index (Phi) is 3.53. The van der Waals surface area contributed by atoms with Crippen molar-refractivity contribution in [1.82, 2.24) is 4.90 Å². The van der Waals surface area contributed by atoms with Crippen LogP contribution in [0.25, 0.3) is 0 Å². The number of amides is 1. The van der Waals surface area contributed by atoms with Crippen molar-refractivity contribution in [2.75, 3.05) is 6.54 Å². The molecule has 16 heavy (non-hydrogen) atoms. The number of nitrogens with zero attached hydrogens (tertiary/aromatic N) is 1. The Bertz CT molecular complexity index is 257. The summed E-state index contributed by atoms with van der Waals surface area (Å²) >= 11 is 0. The average Bonchev–Trinajstić information content (AvgIpc) is 3.03. The third-order valence-electron chi connectivity index (χ3n) is 3.47. The number of carbonyl (C=O) groups is 1. The molecule has 2 rings (SSSR count). The van der Waals surface area contributed by atoms with Gasteiger partial charge in [0.25, 0.3) is 0 Å². The van der Waals surface area contributed by atoms with E-state index in [0.717, 1.165) is 18.9 Å². The molecule has 0 aromatic heterocycles. The fourth-order valence-electron chi connectivity index (χ4n) is 2.21. The zero-order valence-corrected chi connectivity index (χ0v) is 10.5. The molecule has 3 heteroatoms. The third-order valence-corrected chi connectivity index (χ3v) is 3.47. The SMILES string of the molecule is CC(C)C[C@H](N)C(=O)N(CC1CC1)C1CC1. The lowest BCUT2D eigenvalue weighted by Crippen LogP contribution is -2.46. The van der Waals surface area contributed by atoms with Crippen molar-refractivity contribution in [3.05, 3.63) is 0 Å². The number of hydrogen-bond acceptors (Lipinski definition) is 2. The van der Waals surface area contributed by atoms with Crippen LogP contribution in [0.4, 0.5) is 0 Å². The third kappa shape index (κ3) is 3.21. The lowest BCUT2D eigenvalue weighted by Gasteiger charge is -2.26. The van der Waals surface area contributed by atoms with Gasteiger partial charge in [-0.2, -0.15) is 0 Å². The van der Waals surface area contributed by atoms with Gasteiger partial charge in [0.15, 0.2) is 0 Å². The van der Waals surface area contributed by atoms with Crippen molar-refractivity contribution in [1.29, 1.82) is 0 Å². The fourth-order valence-corrected chi connectivity index (χ4v) is 2.21. The van der Waals surface area contributed by atoms with Crippen LogP contribution in [0.3, 0.4) is 0 Å². The number of rotatable bonds is 6. The first-order valence-corrected chi connectivity index (χ1v) is 6.64. The molecule has 2 aliphatic carbocycles. The quantitative estimate of drug-likeness (QED) is 0.747. The number of nitrogens with two attached hydrogens (primary N) is 1. The van der Waals surface area contributed by atoms with Gasteiger partial charge in [0.2, 0.25) is 5.91 Å². The minimum atomic E-state index is -0.278. The lowest BCUT2D eigenvalue weighted by molar-refractivity contribution is -0.133. The molecule has 0 aromatic carbocycles. The molecular formula is C13H24N2O. The van der Waals surface area contributed by atoms with Gasteiger partial charge in [-0.05, 0) is 43.9 Å². The van der Waals surface area contributed by atoms with Gasteiger partial charge in [-0.25, -0.2) is 0 Å². The van der Waals surface area contributed by atoms with Crippen molar-refractivity contribution in [2.45, 2.75) is 58.0 Å². The summed E-state index contributed by atoms with van der Waals surface area (Å²) in [5, 5.41) is 0. The smallest absolute Gasteiger partial charge is 0.239 e. The lowest BCUT2D eigenvalue weighted by atomic mass is 10.0. The molecule has 2 fully saturated rings. The second-order valence-corrected chi connectivity index (χ2v) is 5.90. The summed E-state index contributed by atoms with van der Waals surface area (Å²) in [5.41, 5.74) is 5.99.